The Hall–Kier alpha value is -3.07. The van der Waals surface area contributed by atoms with E-state index in [9.17, 15) is 18.8 Å². The molecule has 1 aliphatic heterocycles. The van der Waals surface area contributed by atoms with Crippen LogP contribution in [-0.2, 0) is 29.0 Å². The van der Waals surface area contributed by atoms with E-state index < -0.39 is 12.6 Å². The van der Waals surface area contributed by atoms with Gasteiger partial charge in [-0.3, -0.25) is 14.2 Å². The standard InChI is InChI=1S/C22H22FN3O4S/c1-3-25(11-14-6-4-7-15(23)10-14)17(27)12-30-22(29)19-13(2)18-20(31-19)24-16-8-5-9-26(16)21(18)28/h4,6-7,10H,3,5,8-9,11-12H2,1-2H3. The number of aryl methyl sites for hydroxylation is 2. The number of hydrogen-bond donors (Lipinski definition) is 0. The van der Waals surface area contributed by atoms with Crippen LogP contribution in [-0.4, -0.2) is 39.5 Å². The van der Waals surface area contributed by atoms with Crippen molar-refractivity contribution in [2.45, 2.75) is 39.8 Å². The van der Waals surface area contributed by atoms with Crippen molar-refractivity contribution in [2.75, 3.05) is 13.2 Å². The van der Waals surface area contributed by atoms with Crippen LogP contribution in [0.2, 0.25) is 0 Å². The first kappa shape index (κ1) is 21.2. The Bertz CT molecular complexity index is 1230. The fourth-order valence-corrected chi connectivity index (χ4v) is 4.87. The van der Waals surface area contributed by atoms with Crippen LogP contribution in [0.1, 0.15) is 40.0 Å². The van der Waals surface area contributed by atoms with Gasteiger partial charge in [-0.05, 0) is 43.5 Å². The van der Waals surface area contributed by atoms with Crippen LogP contribution in [0.25, 0.3) is 10.2 Å². The number of amides is 1. The zero-order valence-electron chi connectivity index (χ0n) is 17.3. The highest BCUT2D eigenvalue weighted by Crippen LogP contribution is 2.29. The highest BCUT2D eigenvalue weighted by Gasteiger charge is 2.25. The van der Waals surface area contributed by atoms with Gasteiger partial charge in [0.2, 0.25) is 0 Å². The maximum Gasteiger partial charge on any atom is 0.349 e. The number of nitrogens with zero attached hydrogens (tertiary/aromatic N) is 3. The van der Waals surface area contributed by atoms with Gasteiger partial charge in [-0.15, -0.1) is 11.3 Å². The van der Waals surface area contributed by atoms with Crippen molar-refractivity contribution >= 4 is 33.4 Å². The summed E-state index contributed by atoms with van der Waals surface area (Å²) in [5, 5.41) is 0.440. The fourth-order valence-electron chi connectivity index (χ4n) is 3.79. The number of thiophene rings is 1. The van der Waals surface area contributed by atoms with Crippen LogP contribution in [0.3, 0.4) is 0 Å². The monoisotopic (exact) mass is 443 g/mol. The van der Waals surface area contributed by atoms with Crippen molar-refractivity contribution < 1.29 is 18.7 Å². The normalized spacial score (nSPS) is 12.7. The predicted octanol–water partition coefficient (Wildman–Crippen LogP) is 3.06. The van der Waals surface area contributed by atoms with Crippen molar-refractivity contribution in [2.24, 2.45) is 0 Å². The van der Waals surface area contributed by atoms with Crippen LogP contribution < -0.4 is 5.56 Å². The Kier molecular flexibility index (Phi) is 5.86. The minimum atomic E-state index is -0.653. The molecular weight excluding hydrogens is 421 g/mol. The number of rotatable bonds is 6. The molecule has 1 aromatic carbocycles. The minimum Gasteiger partial charge on any atom is -0.451 e. The van der Waals surface area contributed by atoms with Gasteiger partial charge >= 0.3 is 5.97 Å². The van der Waals surface area contributed by atoms with E-state index in [1.165, 1.54) is 17.0 Å². The van der Waals surface area contributed by atoms with Gasteiger partial charge in [0.25, 0.3) is 11.5 Å². The van der Waals surface area contributed by atoms with Crippen molar-refractivity contribution in [3.8, 4) is 0 Å². The fraction of sp³-hybridized carbons (Fsp3) is 0.364. The molecule has 0 unspecified atom stereocenters. The Morgan fingerprint density at radius 1 is 1.35 bits per heavy atom. The van der Waals surface area contributed by atoms with Crippen molar-refractivity contribution in [1.29, 1.82) is 0 Å². The predicted molar refractivity (Wildman–Crippen MR) is 115 cm³/mol. The van der Waals surface area contributed by atoms with E-state index >= 15 is 0 Å². The number of aromatic nitrogens is 2. The summed E-state index contributed by atoms with van der Waals surface area (Å²) in [7, 11) is 0. The first-order chi connectivity index (χ1) is 14.9. The first-order valence-electron chi connectivity index (χ1n) is 10.1. The average molecular weight is 444 g/mol. The number of likely N-dealkylation sites (N-methyl/N-ethyl adjacent to an activating group) is 1. The van der Waals surface area contributed by atoms with Crippen LogP contribution in [0.5, 0.6) is 0 Å². The number of carbonyl (C=O) groups is 2. The molecule has 1 amide bonds. The topological polar surface area (TPSA) is 81.5 Å². The largest absolute Gasteiger partial charge is 0.451 e. The molecule has 0 saturated carbocycles. The molecule has 0 aliphatic carbocycles. The lowest BCUT2D eigenvalue weighted by atomic mass is 10.2. The Morgan fingerprint density at radius 2 is 2.16 bits per heavy atom. The van der Waals surface area contributed by atoms with Crippen LogP contribution in [0, 0.1) is 12.7 Å². The smallest absolute Gasteiger partial charge is 0.349 e. The number of hydrogen-bond acceptors (Lipinski definition) is 6. The third kappa shape index (κ3) is 4.10. The van der Waals surface area contributed by atoms with Gasteiger partial charge in [-0.2, -0.15) is 0 Å². The minimum absolute atomic E-state index is 0.131. The molecule has 0 fully saturated rings. The molecule has 0 radical (unpaired) electrons. The lowest BCUT2D eigenvalue weighted by molar-refractivity contribution is -0.134. The number of benzene rings is 1. The summed E-state index contributed by atoms with van der Waals surface area (Å²) in [5.74, 6) is -0.663. The SMILES string of the molecule is CCN(Cc1cccc(F)c1)C(=O)COC(=O)c1sc2nc3n(c(=O)c2c1C)CCC3. The zero-order valence-corrected chi connectivity index (χ0v) is 18.1. The quantitative estimate of drug-likeness (QED) is 0.547. The van der Waals surface area contributed by atoms with Gasteiger partial charge in [0.15, 0.2) is 6.61 Å². The molecule has 2 aromatic heterocycles. The maximum atomic E-state index is 13.4. The van der Waals surface area contributed by atoms with Gasteiger partial charge in [0.05, 0.1) is 5.39 Å². The summed E-state index contributed by atoms with van der Waals surface area (Å²) in [4.78, 5) is 44.8. The Balaban J connectivity index is 1.47. The number of halogens is 1. The van der Waals surface area contributed by atoms with Gasteiger partial charge in [0.1, 0.15) is 21.3 Å². The zero-order chi connectivity index (χ0) is 22.1. The molecule has 3 heterocycles. The van der Waals surface area contributed by atoms with Crippen molar-refractivity contribution in [3.63, 3.8) is 0 Å². The number of ether oxygens (including phenoxy) is 1. The summed E-state index contributed by atoms with van der Waals surface area (Å²) in [6.07, 6.45) is 1.63. The van der Waals surface area contributed by atoms with Crippen molar-refractivity contribution in [1.82, 2.24) is 14.5 Å². The molecule has 0 spiro atoms. The lowest BCUT2D eigenvalue weighted by Gasteiger charge is -2.20. The molecule has 0 saturated heterocycles. The third-order valence-electron chi connectivity index (χ3n) is 5.42. The van der Waals surface area contributed by atoms with E-state index in [1.807, 2.05) is 0 Å². The number of fused-ring (bicyclic) bond motifs is 2. The summed E-state index contributed by atoms with van der Waals surface area (Å²) < 4.78 is 20.3. The van der Waals surface area contributed by atoms with Gasteiger partial charge in [-0.25, -0.2) is 14.2 Å². The summed E-state index contributed by atoms with van der Waals surface area (Å²) in [6, 6.07) is 6.02. The Morgan fingerprint density at radius 3 is 2.90 bits per heavy atom. The van der Waals surface area contributed by atoms with E-state index in [-0.39, 0.29) is 28.7 Å². The van der Waals surface area contributed by atoms with Crippen LogP contribution in [0.15, 0.2) is 29.1 Å². The van der Waals surface area contributed by atoms with Gasteiger partial charge in [0, 0.05) is 26.1 Å². The first-order valence-corrected chi connectivity index (χ1v) is 10.9. The molecule has 7 nitrogen and oxygen atoms in total. The highest BCUT2D eigenvalue weighted by atomic mass is 32.1. The van der Waals surface area contributed by atoms with Crippen LogP contribution in [0.4, 0.5) is 4.39 Å². The molecule has 3 aromatic rings. The van der Waals surface area contributed by atoms with Crippen molar-refractivity contribution in [3.05, 3.63) is 62.3 Å². The average Bonchev–Trinajstić information content (AvgIpc) is 3.35. The molecule has 0 atom stereocenters. The number of carbonyl (C=O) groups excluding carboxylic acids is 2. The van der Waals surface area contributed by atoms with Crippen LogP contribution >= 0.6 is 11.3 Å². The second kappa shape index (κ2) is 8.58. The molecule has 9 heteroatoms. The summed E-state index contributed by atoms with van der Waals surface area (Å²) in [5.41, 5.74) is 1.05. The lowest BCUT2D eigenvalue weighted by Crippen LogP contribution is -2.34. The molecule has 1 aliphatic rings. The molecule has 0 bridgehead atoms. The molecule has 0 N–H and O–H groups in total. The maximum absolute atomic E-state index is 13.4. The van der Waals surface area contributed by atoms with E-state index in [2.05, 4.69) is 4.98 Å². The second-order valence-corrected chi connectivity index (χ2v) is 8.44. The van der Waals surface area contributed by atoms with E-state index in [0.717, 1.165) is 30.0 Å². The molecular formula is C22H22FN3O4S. The van der Waals surface area contributed by atoms with E-state index in [4.69, 9.17) is 4.74 Å². The Labute approximate surface area is 182 Å². The second-order valence-electron chi connectivity index (χ2n) is 7.44. The third-order valence-corrected chi connectivity index (χ3v) is 6.59. The summed E-state index contributed by atoms with van der Waals surface area (Å²) in [6.45, 7) is 4.31. The van der Waals surface area contributed by atoms with E-state index in [0.29, 0.717) is 34.4 Å². The molecule has 162 valence electrons. The van der Waals surface area contributed by atoms with Gasteiger partial charge < -0.3 is 9.64 Å². The van der Waals surface area contributed by atoms with E-state index in [1.54, 1.807) is 30.5 Å². The van der Waals surface area contributed by atoms with Gasteiger partial charge in [-0.1, -0.05) is 12.1 Å². The highest BCUT2D eigenvalue weighted by molar-refractivity contribution is 7.20. The molecule has 31 heavy (non-hydrogen) atoms. The summed E-state index contributed by atoms with van der Waals surface area (Å²) >= 11 is 1.12. The molecule has 4 rings (SSSR count). The number of esters is 1.